The highest BCUT2D eigenvalue weighted by Crippen LogP contribution is 2.28. The van der Waals surface area contributed by atoms with Gasteiger partial charge in [0.05, 0.1) is 5.69 Å². The van der Waals surface area contributed by atoms with E-state index < -0.39 is 5.97 Å². The number of hydrogen-bond donors (Lipinski definition) is 2. The molecule has 0 unspecified atom stereocenters. The van der Waals surface area contributed by atoms with Crippen LogP contribution in [0.3, 0.4) is 0 Å². The Kier molecular flexibility index (Phi) is 2.62. The predicted octanol–water partition coefficient (Wildman–Crippen LogP) is 2.52. The van der Waals surface area contributed by atoms with Crippen LogP contribution in [0, 0.1) is 6.92 Å². The smallest absolute Gasteiger partial charge is 0.339 e. The first-order valence-corrected chi connectivity index (χ1v) is 5.36. The average molecular weight is 235 g/mol. The first-order valence-electron chi connectivity index (χ1n) is 4.58. The molecule has 2 N–H and O–H groups in total. The van der Waals surface area contributed by atoms with Crippen LogP contribution >= 0.6 is 11.5 Å². The summed E-state index contributed by atoms with van der Waals surface area (Å²) in [6.07, 6.45) is 0. The molecule has 4 nitrogen and oxygen atoms in total. The molecule has 0 aliphatic rings. The van der Waals surface area contributed by atoms with Crippen LogP contribution in [0.15, 0.2) is 24.3 Å². The third-order valence-electron chi connectivity index (χ3n) is 2.22. The lowest BCUT2D eigenvalue weighted by atomic mass is 10.1. The van der Waals surface area contributed by atoms with Crippen molar-refractivity contribution in [1.29, 1.82) is 0 Å². The molecule has 1 heterocycles. The fraction of sp³-hybridized carbons (Fsp3) is 0.0909. The van der Waals surface area contributed by atoms with Crippen molar-refractivity contribution in [1.82, 2.24) is 4.37 Å². The van der Waals surface area contributed by atoms with E-state index in [4.69, 9.17) is 10.2 Å². The number of aromatic carboxylic acids is 1. The van der Waals surface area contributed by atoms with Gasteiger partial charge in [0.15, 0.2) is 0 Å². The van der Waals surface area contributed by atoms with E-state index in [-0.39, 0.29) is 11.3 Å². The summed E-state index contributed by atoms with van der Waals surface area (Å²) in [6.45, 7) is 1.73. The van der Waals surface area contributed by atoms with E-state index in [2.05, 4.69) is 4.37 Å². The predicted molar refractivity (Wildman–Crippen MR) is 60.9 cm³/mol. The largest absolute Gasteiger partial charge is 0.508 e. The Morgan fingerprint density at radius 2 is 1.94 bits per heavy atom. The molecule has 0 amide bonds. The van der Waals surface area contributed by atoms with Crippen molar-refractivity contribution in [2.75, 3.05) is 0 Å². The molecule has 0 radical (unpaired) electrons. The Balaban J connectivity index is 2.56. The first kappa shape index (κ1) is 10.6. The van der Waals surface area contributed by atoms with Crippen molar-refractivity contribution in [2.24, 2.45) is 0 Å². The molecule has 0 fully saturated rings. The number of aromatic nitrogens is 1. The Labute approximate surface area is 96.0 Å². The van der Waals surface area contributed by atoms with Crippen molar-refractivity contribution in [3.05, 3.63) is 34.7 Å². The summed E-state index contributed by atoms with van der Waals surface area (Å²) in [6, 6.07) is 6.32. The van der Waals surface area contributed by atoms with Crippen LogP contribution < -0.4 is 0 Å². The maximum Gasteiger partial charge on any atom is 0.339 e. The van der Waals surface area contributed by atoms with E-state index in [1.165, 1.54) is 23.7 Å². The van der Waals surface area contributed by atoms with Gasteiger partial charge in [0.2, 0.25) is 0 Å². The number of nitrogens with zero attached hydrogens (tertiary/aromatic N) is 1. The van der Waals surface area contributed by atoms with Gasteiger partial charge in [0, 0.05) is 10.4 Å². The second-order valence-corrected chi connectivity index (χ2v) is 4.29. The Hall–Kier alpha value is -1.88. The molecule has 0 spiro atoms. The van der Waals surface area contributed by atoms with Gasteiger partial charge in [-0.25, -0.2) is 4.79 Å². The summed E-state index contributed by atoms with van der Waals surface area (Å²) in [5.74, 6) is -0.832. The minimum Gasteiger partial charge on any atom is -0.508 e. The van der Waals surface area contributed by atoms with Crippen molar-refractivity contribution >= 4 is 17.5 Å². The minimum absolute atomic E-state index is 0.146. The highest BCUT2D eigenvalue weighted by Gasteiger charge is 2.18. The zero-order chi connectivity index (χ0) is 11.7. The monoisotopic (exact) mass is 235 g/mol. The number of carboxylic acids is 1. The number of carboxylic acid groups (broad SMARTS) is 1. The van der Waals surface area contributed by atoms with Gasteiger partial charge in [0.1, 0.15) is 11.3 Å². The topological polar surface area (TPSA) is 70.4 Å². The molecule has 0 saturated carbocycles. The molecule has 2 aromatic rings. The number of hydrogen-bond acceptors (Lipinski definition) is 4. The summed E-state index contributed by atoms with van der Waals surface area (Å²) in [4.78, 5) is 11.7. The maximum absolute atomic E-state index is 11.1. The van der Waals surface area contributed by atoms with Crippen LogP contribution in [0.1, 0.15) is 15.2 Å². The van der Waals surface area contributed by atoms with Crippen molar-refractivity contribution in [3.63, 3.8) is 0 Å². The van der Waals surface area contributed by atoms with Gasteiger partial charge in [-0.15, -0.1) is 0 Å². The van der Waals surface area contributed by atoms with Crippen LogP contribution in [-0.4, -0.2) is 20.6 Å². The molecule has 16 heavy (non-hydrogen) atoms. The van der Waals surface area contributed by atoms with Crippen LogP contribution in [0.5, 0.6) is 5.75 Å². The van der Waals surface area contributed by atoms with Gasteiger partial charge in [-0.3, -0.25) is 0 Å². The fourth-order valence-corrected chi connectivity index (χ4v) is 2.14. The standard InChI is InChI=1S/C11H9NO3S/c1-6-9(11(14)15)10(12-16-6)7-2-4-8(13)5-3-7/h2-5,13H,1H3,(H,14,15). The van der Waals surface area contributed by atoms with E-state index in [1.54, 1.807) is 19.1 Å². The van der Waals surface area contributed by atoms with Crippen LogP contribution in [-0.2, 0) is 0 Å². The van der Waals surface area contributed by atoms with Crippen LogP contribution in [0.4, 0.5) is 0 Å². The van der Waals surface area contributed by atoms with Gasteiger partial charge >= 0.3 is 5.97 Å². The summed E-state index contributed by atoms with van der Waals surface area (Å²) < 4.78 is 4.12. The summed E-state index contributed by atoms with van der Waals surface area (Å²) in [5, 5.41) is 18.2. The second-order valence-electron chi connectivity index (χ2n) is 3.31. The van der Waals surface area contributed by atoms with Gasteiger partial charge in [-0.2, -0.15) is 4.37 Å². The van der Waals surface area contributed by atoms with E-state index in [0.717, 1.165) is 0 Å². The lowest BCUT2D eigenvalue weighted by molar-refractivity contribution is 0.0697. The molecule has 0 aliphatic carbocycles. The van der Waals surface area contributed by atoms with E-state index in [1.807, 2.05) is 0 Å². The number of carbonyl (C=O) groups is 1. The average Bonchev–Trinajstić information content (AvgIpc) is 2.61. The number of rotatable bonds is 2. The zero-order valence-electron chi connectivity index (χ0n) is 8.47. The number of phenolic OH excluding ortho intramolecular Hbond substituents is 1. The highest BCUT2D eigenvalue weighted by molar-refractivity contribution is 7.06. The quantitative estimate of drug-likeness (QED) is 0.839. The third-order valence-corrected chi connectivity index (χ3v) is 2.97. The van der Waals surface area contributed by atoms with E-state index >= 15 is 0 Å². The van der Waals surface area contributed by atoms with Crippen LogP contribution in [0.2, 0.25) is 0 Å². The lowest BCUT2D eigenvalue weighted by Gasteiger charge is -1.99. The lowest BCUT2D eigenvalue weighted by Crippen LogP contribution is -1.98. The molecular formula is C11H9NO3S. The van der Waals surface area contributed by atoms with Gasteiger partial charge in [0.25, 0.3) is 0 Å². The second kappa shape index (κ2) is 3.94. The highest BCUT2D eigenvalue weighted by atomic mass is 32.1. The fourth-order valence-electron chi connectivity index (χ4n) is 1.44. The Morgan fingerprint density at radius 1 is 1.31 bits per heavy atom. The van der Waals surface area contributed by atoms with Gasteiger partial charge in [-0.1, -0.05) is 0 Å². The van der Waals surface area contributed by atoms with Gasteiger partial charge in [-0.05, 0) is 42.7 Å². The molecule has 1 aromatic carbocycles. The molecule has 0 bridgehead atoms. The first-order chi connectivity index (χ1) is 7.59. The number of aryl methyl sites for hydroxylation is 1. The van der Waals surface area contributed by atoms with E-state index in [0.29, 0.717) is 16.1 Å². The van der Waals surface area contributed by atoms with Crippen molar-refractivity contribution in [2.45, 2.75) is 6.92 Å². The normalized spacial score (nSPS) is 10.3. The summed E-state index contributed by atoms with van der Waals surface area (Å²) in [5.41, 5.74) is 1.38. The van der Waals surface area contributed by atoms with Crippen molar-refractivity contribution < 1.29 is 15.0 Å². The molecule has 0 aliphatic heterocycles. The zero-order valence-corrected chi connectivity index (χ0v) is 9.28. The minimum atomic E-state index is -0.977. The molecule has 0 atom stereocenters. The summed E-state index contributed by atoms with van der Waals surface area (Å²) >= 11 is 1.17. The molecular weight excluding hydrogens is 226 g/mol. The Bertz CT molecular complexity index is 531. The SMILES string of the molecule is Cc1snc(-c2ccc(O)cc2)c1C(=O)O. The molecule has 82 valence electrons. The molecule has 5 heteroatoms. The third kappa shape index (κ3) is 1.77. The molecule has 1 aromatic heterocycles. The Morgan fingerprint density at radius 3 is 2.50 bits per heavy atom. The van der Waals surface area contributed by atoms with Crippen molar-refractivity contribution in [3.8, 4) is 17.0 Å². The number of aromatic hydroxyl groups is 1. The summed E-state index contributed by atoms with van der Waals surface area (Å²) in [7, 11) is 0. The molecule has 2 rings (SSSR count). The number of phenols is 1. The number of benzene rings is 1. The van der Waals surface area contributed by atoms with Gasteiger partial charge < -0.3 is 10.2 Å². The maximum atomic E-state index is 11.1. The van der Waals surface area contributed by atoms with E-state index in [9.17, 15) is 4.79 Å². The van der Waals surface area contributed by atoms with Crippen LogP contribution in [0.25, 0.3) is 11.3 Å². The molecule has 0 saturated heterocycles.